The monoisotopic (exact) mass is 614 g/mol. The molecule has 0 amide bonds. The Morgan fingerprint density at radius 2 is 1.18 bits per heavy atom. The van der Waals surface area contributed by atoms with Gasteiger partial charge in [0.15, 0.2) is 0 Å². The van der Waals surface area contributed by atoms with E-state index in [-0.39, 0.29) is 13.2 Å². The molecule has 10 heteroatoms. The zero-order valence-electron chi connectivity index (χ0n) is 24.9. The van der Waals surface area contributed by atoms with Crippen LogP contribution >= 0.6 is 0 Å². The van der Waals surface area contributed by atoms with Crippen molar-refractivity contribution in [1.29, 1.82) is 0 Å². The van der Waals surface area contributed by atoms with Crippen molar-refractivity contribution in [2.75, 3.05) is 26.4 Å². The van der Waals surface area contributed by atoms with E-state index in [0.29, 0.717) is 60.2 Å². The van der Waals surface area contributed by atoms with Crippen LogP contribution in [-0.2, 0) is 23.9 Å². The van der Waals surface area contributed by atoms with Gasteiger partial charge >= 0.3 is 23.9 Å². The molecule has 0 heterocycles. The summed E-state index contributed by atoms with van der Waals surface area (Å²) in [7, 11) is 0. The summed E-state index contributed by atoms with van der Waals surface area (Å²) >= 11 is 0. The van der Waals surface area contributed by atoms with Gasteiger partial charge in [-0.1, -0.05) is 25.3 Å². The second-order valence-electron chi connectivity index (χ2n) is 9.31. The summed E-state index contributed by atoms with van der Waals surface area (Å²) in [4.78, 5) is 47.0. The molecule has 0 aliphatic carbocycles. The highest BCUT2D eigenvalue weighted by Crippen LogP contribution is 2.25. The quantitative estimate of drug-likeness (QED) is 0.0794. The van der Waals surface area contributed by atoms with Crippen molar-refractivity contribution in [2.24, 2.45) is 0 Å². The van der Waals surface area contributed by atoms with Crippen LogP contribution < -0.4 is 18.9 Å². The summed E-state index contributed by atoms with van der Waals surface area (Å²) < 4.78 is 31.9. The van der Waals surface area contributed by atoms with Crippen LogP contribution in [0.4, 0.5) is 0 Å². The van der Waals surface area contributed by atoms with E-state index in [4.69, 9.17) is 28.4 Å². The van der Waals surface area contributed by atoms with Crippen molar-refractivity contribution in [3.8, 4) is 23.0 Å². The molecule has 0 aliphatic heterocycles. The molecular weight excluding hydrogens is 580 g/mol. The molecule has 0 spiro atoms. The fourth-order valence-corrected chi connectivity index (χ4v) is 3.60. The van der Waals surface area contributed by atoms with E-state index in [1.54, 1.807) is 73.7 Å². The van der Waals surface area contributed by atoms with Crippen molar-refractivity contribution in [3.63, 3.8) is 0 Å². The second-order valence-corrected chi connectivity index (χ2v) is 9.31. The highest BCUT2D eigenvalue weighted by molar-refractivity contribution is 5.91. The lowest BCUT2D eigenvalue weighted by molar-refractivity contribution is -0.138. The Hall–Kier alpha value is -5.64. The van der Waals surface area contributed by atoms with E-state index in [1.807, 2.05) is 0 Å². The third kappa shape index (κ3) is 12.2. The van der Waals surface area contributed by atoms with Gasteiger partial charge in [-0.15, -0.1) is 0 Å². The lowest BCUT2D eigenvalue weighted by Crippen LogP contribution is -2.09. The van der Waals surface area contributed by atoms with Crippen LogP contribution in [0, 0.1) is 6.92 Å². The Morgan fingerprint density at radius 3 is 1.71 bits per heavy atom. The average Bonchev–Trinajstić information content (AvgIpc) is 3.05. The van der Waals surface area contributed by atoms with Crippen molar-refractivity contribution in [2.45, 2.75) is 19.8 Å². The topological polar surface area (TPSA) is 124 Å². The van der Waals surface area contributed by atoms with Crippen LogP contribution in [-0.4, -0.2) is 50.3 Å². The molecule has 10 nitrogen and oxygen atoms in total. The molecule has 0 aromatic heterocycles. The summed E-state index contributed by atoms with van der Waals surface area (Å²) in [5.74, 6) is -0.263. The normalized spacial score (nSPS) is 10.4. The predicted molar refractivity (Wildman–Crippen MR) is 166 cm³/mol. The number of rotatable bonds is 17. The van der Waals surface area contributed by atoms with Crippen LogP contribution in [0.25, 0.3) is 6.08 Å². The molecule has 0 atom stereocenters. The predicted octanol–water partition coefficient (Wildman–Crippen LogP) is 5.83. The Labute approximate surface area is 261 Å². The number of hydrogen-bond donors (Lipinski definition) is 0. The molecule has 3 rings (SSSR count). The molecule has 0 N–H and O–H groups in total. The second kappa shape index (κ2) is 18.1. The van der Waals surface area contributed by atoms with E-state index in [0.717, 1.165) is 17.7 Å². The van der Waals surface area contributed by atoms with E-state index in [9.17, 15) is 19.2 Å². The lowest BCUT2D eigenvalue weighted by atomic mass is 10.2. The van der Waals surface area contributed by atoms with E-state index in [2.05, 4.69) is 13.2 Å². The minimum Gasteiger partial charge on any atom is -0.493 e. The average molecular weight is 615 g/mol. The zero-order chi connectivity index (χ0) is 32.4. The van der Waals surface area contributed by atoms with Crippen LogP contribution in [0.5, 0.6) is 23.0 Å². The summed E-state index contributed by atoms with van der Waals surface area (Å²) in [6.45, 7) is 9.58. The van der Waals surface area contributed by atoms with Gasteiger partial charge in [-0.05, 0) is 78.7 Å². The van der Waals surface area contributed by atoms with E-state index < -0.39 is 23.9 Å². The molecule has 0 unspecified atom stereocenters. The number of aryl methyl sites for hydroxylation is 1. The molecule has 0 fully saturated rings. The van der Waals surface area contributed by atoms with Crippen LogP contribution in [0.15, 0.2) is 98.1 Å². The van der Waals surface area contributed by atoms with Gasteiger partial charge < -0.3 is 28.4 Å². The Bertz CT molecular complexity index is 1500. The molecule has 3 aromatic rings. The zero-order valence-corrected chi connectivity index (χ0v) is 24.9. The molecule has 0 saturated carbocycles. The third-order valence-corrected chi connectivity index (χ3v) is 5.89. The largest absolute Gasteiger partial charge is 0.493 e. The highest BCUT2D eigenvalue weighted by Gasteiger charge is 2.12. The molecule has 234 valence electrons. The van der Waals surface area contributed by atoms with Gasteiger partial charge in [0, 0.05) is 31.1 Å². The molecular formula is C35H34O10. The SMILES string of the molecule is C=CC(=O)OCCCOc1ccc(/C=C/C(=O)Oc2ccc(OC(=O)c3ccc(OCCCOC(=O)C=C)cc3)cc2C)cc1. The van der Waals surface area contributed by atoms with Crippen LogP contribution in [0.2, 0.25) is 0 Å². The molecule has 0 saturated heterocycles. The smallest absolute Gasteiger partial charge is 0.343 e. The van der Waals surface area contributed by atoms with Gasteiger partial charge in [0.1, 0.15) is 23.0 Å². The number of carbonyl (C=O) groups is 4. The number of hydrogen-bond acceptors (Lipinski definition) is 10. The number of carbonyl (C=O) groups excluding carboxylic acids is 4. The van der Waals surface area contributed by atoms with Crippen molar-refractivity contribution in [1.82, 2.24) is 0 Å². The summed E-state index contributed by atoms with van der Waals surface area (Å²) in [6.07, 6.45) is 6.18. The molecule has 0 bridgehead atoms. The van der Waals surface area contributed by atoms with Gasteiger partial charge in [-0.2, -0.15) is 0 Å². The third-order valence-electron chi connectivity index (χ3n) is 5.89. The minimum atomic E-state index is -0.572. The van der Waals surface area contributed by atoms with Gasteiger partial charge in [0.2, 0.25) is 0 Å². The van der Waals surface area contributed by atoms with Gasteiger partial charge in [-0.3, -0.25) is 0 Å². The maximum absolute atomic E-state index is 12.6. The minimum absolute atomic E-state index is 0.218. The first-order valence-corrected chi connectivity index (χ1v) is 14.0. The first-order valence-electron chi connectivity index (χ1n) is 14.0. The number of ether oxygens (including phenoxy) is 6. The maximum Gasteiger partial charge on any atom is 0.343 e. The molecule has 0 aliphatic rings. The molecule has 0 radical (unpaired) electrons. The van der Waals surface area contributed by atoms with E-state index >= 15 is 0 Å². The van der Waals surface area contributed by atoms with Crippen LogP contribution in [0.3, 0.4) is 0 Å². The van der Waals surface area contributed by atoms with Crippen molar-refractivity contribution >= 4 is 30.0 Å². The number of benzene rings is 3. The molecule has 45 heavy (non-hydrogen) atoms. The summed E-state index contributed by atoms with van der Waals surface area (Å²) in [5.41, 5.74) is 1.70. The lowest BCUT2D eigenvalue weighted by Gasteiger charge is -2.10. The standard InChI is InChI=1S/C35H34O10/c1-4-32(36)42-22-6-20-40-28-13-8-26(9-14-28)10-19-34(38)45-31-18-17-30(24-25(31)3)44-35(39)27-11-15-29(16-12-27)41-21-7-23-43-33(37)5-2/h4-5,8-19,24H,1-2,6-7,20-23H2,3H3/b19-10+. The summed E-state index contributed by atoms with van der Waals surface area (Å²) in [6, 6.07) is 18.3. The van der Waals surface area contributed by atoms with Gasteiger partial charge in [-0.25, -0.2) is 19.2 Å². The van der Waals surface area contributed by atoms with E-state index in [1.165, 1.54) is 12.1 Å². The van der Waals surface area contributed by atoms with Crippen LogP contribution in [0.1, 0.15) is 34.3 Å². The summed E-state index contributed by atoms with van der Waals surface area (Å²) in [5, 5.41) is 0. The first-order chi connectivity index (χ1) is 21.8. The van der Waals surface area contributed by atoms with Crippen molar-refractivity contribution < 1.29 is 47.6 Å². The Morgan fingerprint density at radius 1 is 0.644 bits per heavy atom. The Kier molecular flexibility index (Phi) is 13.6. The highest BCUT2D eigenvalue weighted by atomic mass is 16.5. The fraction of sp³-hybridized carbons (Fsp3) is 0.200. The fourth-order valence-electron chi connectivity index (χ4n) is 3.60. The molecule has 3 aromatic carbocycles. The number of esters is 4. The van der Waals surface area contributed by atoms with Gasteiger partial charge in [0.25, 0.3) is 0 Å². The first kappa shape index (κ1) is 33.9. The maximum atomic E-state index is 12.6. The van der Waals surface area contributed by atoms with Gasteiger partial charge in [0.05, 0.1) is 32.0 Å². The Balaban J connectivity index is 1.42. The van der Waals surface area contributed by atoms with Crippen molar-refractivity contribution in [3.05, 3.63) is 115 Å².